The van der Waals surface area contributed by atoms with Gasteiger partial charge in [-0.15, -0.1) is 11.8 Å². The summed E-state index contributed by atoms with van der Waals surface area (Å²) in [5.74, 6) is 1.20. The van der Waals surface area contributed by atoms with E-state index in [1.807, 2.05) is 11.8 Å². The van der Waals surface area contributed by atoms with E-state index in [0.717, 1.165) is 13.2 Å². The standard InChI is InChI=1S/C18H29NOS/c1-3-12-19-15(2)16-8-10-18(11-9-16)21-14-5-7-17-6-4-13-20-17/h8-11,15,17,19H,3-7,12-14H2,1-2H3. The Morgan fingerprint density at radius 1 is 1.33 bits per heavy atom. The van der Waals surface area contributed by atoms with Crippen molar-refractivity contribution in [3.63, 3.8) is 0 Å². The molecule has 2 atom stereocenters. The maximum atomic E-state index is 5.66. The minimum Gasteiger partial charge on any atom is -0.378 e. The summed E-state index contributed by atoms with van der Waals surface area (Å²) < 4.78 is 5.66. The van der Waals surface area contributed by atoms with Gasteiger partial charge in [0.2, 0.25) is 0 Å². The molecule has 0 amide bonds. The van der Waals surface area contributed by atoms with E-state index in [2.05, 4.69) is 43.4 Å². The van der Waals surface area contributed by atoms with Gasteiger partial charge in [0.25, 0.3) is 0 Å². The van der Waals surface area contributed by atoms with E-state index in [0.29, 0.717) is 12.1 Å². The molecule has 1 aliphatic heterocycles. The molecule has 2 nitrogen and oxygen atoms in total. The van der Waals surface area contributed by atoms with Crippen molar-refractivity contribution in [1.29, 1.82) is 0 Å². The van der Waals surface area contributed by atoms with Crippen LogP contribution in [0.3, 0.4) is 0 Å². The van der Waals surface area contributed by atoms with Gasteiger partial charge in [0.15, 0.2) is 0 Å². The molecule has 1 fully saturated rings. The minimum atomic E-state index is 0.448. The zero-order chi connectivity index (χ0) is 14.9. The molecule has 0 bridgehead atoms. The number of nitrogens with one attached hydrogen (secondary N) is 1. The van der Waals surface area contributed by atoms with Crippen molar-refractivity contribution in [2.45, 2.75) is 63.0 Å². The zero-order valence-corrected chi connectivity index (χ0v) is 14.3. The molecule has 1 heterocycles. The second-order valence-electron chi connectivity index (χ2n) is 5.87. The lowest BCUT2D eigenvalue weighted by molar-refractivity contribution is 0.104. The van der Waals surface area contributed by atoms with Crippen LogP contribution in [-0.2, 0) is 4.74 Å². The highest BCUT2D eigenvalue weighted by Gasteiger charge is 2.14. The molecule has 2 rings (SSSR count). The summed E-state index contributed by atoms with van der Waals surface area (Å²) in [7, 11) is 0. The first-order chi connectivity index (χ1) is 10.3. The molecule has 1 N–H and O–H groups in total. The van der Waals surface area contributed by atoms with E-state index in [-0.39, 0.29) is 0 Å². The molecule has 0 aliphatic carbocycles. The van der Waals surface area contributed by atoms with Crippen LogP contribution in [0.1, 0.15) is 57.6 Å². The highest BCUT2D eigenvalue weighted by atomic mass is 32.2. The Morgan fingerprint density at radius 2 is 2.14 bits per heavy atom. The third-order valence-electron chi connectivity index (χ3n) is 4.04. The van der Waals surface area contributed by atoms with Crippen LogP contribution < -0.4 is 5.32 Å². The van der Waals surface area contributed by atoms with Crippen molar-refractivity contribution in [2.75, 3.05) is 18.9 Å². The molecule has 3 heteroatoms. The fraction of sp³-hybridized carbons (Fsp3) is 0.667. The Bertz CT molecular complexity index is 387. The van der Waals surface area contributed by atoms with Crippen LogP contribution in [-0.4, -0.2) is 25.0 Å². The van der Waals surface area contributed by atoms with Gasteiger partial charge in [-0.25, -0.2) is 0 Å². The van der Waals surface area contributed by atoms with E-state index in [1.165, 1.54) is 48.3 Å². The third kappa shape index (κ3) is 6.01. The van der Waals surface area contributed by atoms with Crippen molar-refractivity contribution in [2.24, 2.45) is 0 Å². The Kier molecular flexibility index (Phi) is 7.62. The van der Waals surface area contributed by atoms with Crippen molar-refractivity contribution in [3.05, 3.63) is 29.8 Å². The highest BCUT2D eigenvalue weighted by Crippen LogP contribution is 2.24. The Morgan fingerprint density at radius 3 is 2.81 bits per heavy atom. The predicted molar refractivity (Wildman–Crippen MR) is 92.1 cm³/mol. The number of thioether (sulfide) groups is 1. The second kappa shape index (κ2) is 9.50. The predicted octanol–water partition coefficient (Wildman–Crippen LogP) is 4.80. The van der Waals surface area contributed by atoms with Gasteiger partial charge in [-0.2, -0.15) is 0 Å². The molecular weight excluding hydrogens is 278 g/mol. The molecule has 0 saturated carbocycles. The molecule has 1 saturated heterocycles. The van der Waals surface area contributed by atoms with Crippen LogP contribution in [0.2, 0.25) is 0 Å². The van der Waals surface area contributed by atoms with Crippen molar-refractivity contribution in [1.82, 2.24) is 5.32 Å². The molecule has 21 heavy (non-hydrogen) atoms. The van der Waals surface area contributed by atoms with E-state index < -0.39 is 0 Å². The van der Waals surface area contributed by atoms with Gasteiger partial charge in [-0.3, -0.25) is 0 Å². The lowest BCUT2D eigenvalue weighted by atomic mass is 10.1. The summed E-state index contributed by atoms with van der Waals surface area (Å²) in [4.78, 5) is 1.38. The normalized spacial score (nSPS) is 19.8. The summed E-state index contributed by atoms with van der Waals surface area (Å²) in [5.41, 5.74) is 1.38. The van der Waals surface area contributed by atoms with Crippen LogP contribution in [0.15, 0.2) is 29.2 Å². The van der Waals surface area contributed by atoms with Crippen LogP contribution in [0.5, 0.6) is 0 Å². The highest BCUT2D eigenvalue weighted by molar-refractivity contribution is 7.99. The molecular formula is C18H29NOS. The number of ether oxygens (including phenoxy) is 1. The van der Waals surface area contributed by atoms with Gasteiger partial charge in [0.1, 0.15) is 0 Å². The van der Waals surface area contributed by atoms with Gasteiger partial charge < -0.3 is 10.1 Å². The van der Waals surface area contributed by atoms with E-state index in [1.54, 1.807) is 0 Å². The fourth-order valence-corrected chi connectivity index (χ4v) is 3.58. The summed E-state index contributed by atoms with van der Waals surface area (Å²) >= 11 is 1.97. The molecule has 1 aliphatic rings. The summed E-state index contributed by atoms with van der Waals surface area (Å²) in [5, 5.41) is 3.53. The van der Waals surface area contributed by atoms with Crippen molar-refractivity contribution in [3.8, 4) is 0 Å². The SMILES string of the molecule is CCCNC(C)c1ccc(SCCCC2CCCO2)cc1. The molecule has 0 aromatic heterocycles. The molecule has 118 valence electrons. The summed E-state index contributed by atoms with van der Waals surface area (Å²) in [6, 6.07) is 9.49. The van der Waals surface area contributed by atoms with Gasteiger partial charge in [-0.05, 0) is 69.0 Å². The molecule has 1 aromatic carbocycles. The maximum Gasteiger partial charge on any atom is 0.0576 e. The summed E-state index contributed by atoms with van der Waals surface area (Å²) in [6.45, 7) is 6.50. The Balaban J connectivity index is 1.66. The molecule has 2 unspecified atom stereocenters. The largest absolute Gasteiger partial charge is 0.378 e. The lowest BCUT2D eigenvalue weighted by Gasteiger charge is -2.14. The van der Waals surface area contributed by atoms with Crippen LogP contribution >= 0.6 is 11.8 Å². The monoisotopic (exact) mass is 307 g/mol. The van der Waals surface area contributed by atoms with Crippen LogP contribution in [0.4, 0.5) is 0 Å². The smallest absolute Gasteiger partial charge is 0.0576 e. The molecule has 0 radical (unpaired) electrons. The fourth-order valence-electron chi connectivity index (χ4n) is 2.70. The first-order valence-electron chi connectivity index (χ1n) is 8.37. The quantitative estimate of drug-likeness (QED) is 0.523. The number of rotatable bonds is 9. The number of hydrogen-bond donors (Lipinski definition) is 1. The van der Waals surface area contributed by atoms with E-state index in [4.69, 9.17) is 4.74 Å². The lowest BCUT2D eigenvalue weighted by Crippen LogP contribution is -2.19. The van der Waals surface area contributed by atoms with Gasteiger partial charge in [-0.1, -0.05) is 19.1 Å². The molecule has 1 aromatic rings. The summed E-state index contributed by atoms with van der Waals surface area (Å²) in [6.07, 6.45) is 6.72. The van der Waals surface area contributed by atoms with E-state index >= 15 is 0 Å². The van der Waals surface area contributed by atoms with Gasteiger partial charge in [0, 0.05) is 17.5 Å². The first kappa shape index (κ1) is 16.9. The topological polar surface area (TPSA) is 21.3 Å². The maximum absolute atomic E-state index is 5.66. The van der Waals surface area contributed by atoms with Gasteiger partial charge in [0.05, 0.1) is 6.10 Å². The third-order valence-corrected chi connectivity index (χ3v) is 5.14. The average molecular weight is 308 g/mol. The van der Waals surface area contributed by atoms with Crippen molar-refractivity contribution < 1.29 is 4.74 Å². The minimum absolute atomic E-state index is 0.448. The number of benzene rings is 1. The zero-order valence-electron chi connectivity index (χ0n) is 13.4. The van der Waals surface area contributed by atoms with Gasteiger partial charge >= 0.3 is 0 Å². The Hall–Kier alpha value is -0.510. The van der Waals surface area contributed by atoms with E-state index in [9.17, 15) is 0 Å². The Labute approximate surface area is 134 Å². The number of hydrogen-bond acceptors (Lipinski definition) is 3. The van der Waals surface area contributed by atoms with Crippen molar-refractivity contribution >= 4 is 11.8 Å². The van der Waals surface area contributed by atoms with Crippen LogP contribution in [0, 0.1) is 0 Å². The first-order valence-corrected chi connectivity index (χ1v) is 9.36. The average Bonchev–Trinajstić information content (AvgIpc) is 3.03. The molecule has 0 spiro atoms. The van der Waals surface area contributed by atoms with Crippen LogP contribution in [0.25, 0.3) is 0 Å². The second-order valence-corrected chi connectivity index (χ2v) is 7.04.